The first-order valence-electron chi connectivity index (χ1n) is 6.04. The molecule has 0 unspecified atom stereocenters. The molecule has 0 spiro atoms. The molecule has 4 nitrogen and oxygen atoms in total. The molecule has 100 valence electrons. The number of phenolic OH excluding ortho intramolecular Hbond substituents is 4. The minimum absolute atomic E-state index is 0.0430. The monoisotopic (exact) mass is 268 g/mol. The molecule has 4 N–H and O–H groups in total. The first-order valence-corrected chi connectivity index (χ1v) is 6.04. The summed E-state index contributed by atoms with van der Waals surface area (Å²) in [5, 5.41) is 40.2. The maximum absolute atomic E-state index is 9.96. The van der Waals surface area contributed by atoms with Crippen LogP contribution in [0.1, 0.15) is 0 Å². The van der Waals surface area contributed by atoms with Gasteiger partial charge in [-0.05, 0) is 29.1 Å². The highest BCUT2D eigenvalue weighted by atomic mass is 16.3. The van der Waals surface area contributed by atoms with Gasteiger partial charge in [0.15, 0.2) is 11.5 Å². The summed E-state index contributed by atoms with van der Waals surface area (Å²) in [5.74, 6) is -0.590. The lowest BCUT2D eigenvalue weighted by Gasteiger charge is -2.11. The van der Waals surface area contributed by atoms with E-state index in [2.05, 4.69) is 0 Å². The second kappa shape index (κ2) is 4.35. The predicted octanol–water partition coefficient (Wildman–Crippen LogP) is 3.33. The third-order valence-corrected chi connectivity index (χ3v) is 3.27. The van der Waals surface area contributed by atoms with Crippen LogP contribution in [0.25, 0.3) is 21.9 Å². The summed E-state index contributed by atoms with van der Waals surface area (Å²) in [5.41, 5.74) is 1.04. The van der Waals surface area contributed by atoms with Gasteiger partial charge in [0.2, 0.25) is 0 Å². The molecule has 0 saturated carbocycles. The number of fused-ring (bicyclic) bond motifs is 1. The maximum Gasteiger partial charge on any atom is 0.165 e. The van der Waals surface area contributed by atoms with Crippen LogP contribution in [0.15, 0.2) is 48.5 Å². The van der Waals surface area contributed by atoms with Crippen molar-refractivity contribution < 1.29 is 20.4 Å². The van der Waals surface area contributed by atoms with Crippen LogP contribution in [-0.4, -0.2) is 20.4 Å². The third-order valence-electron chi connectivity index (χ3n) is 3.27. The Morgan fingerprint density at radius 1 is 0.600 bits per heavy atom. The lowest BCUT2D eigenvalue weighted by molar-refractivity contribution is 0.408. The molecular formula is C16H12O4. The number of rotatable bonds is 1. The highest BCUT2D eigenvalue weighted by Crippen LogP contribution is 2.43. The van der Waals surface area contributed by atoms with Gasteiger partial charge >= 0.3 is 0 Å². The molecule has 0 bridgehead atoms. The van der Waals surface area contributed by atoms with Gasteiger partial charge in [-0.3, -0.25) is 0 Å². The van der Waals surface area contributed by atoms with Crippen molar-refractivity contribution in [2.45, 2.75) is 0 Å². The average Bonchev–Trinajstić information content (AvgIpc) is 2.43. The van der Waals surface area contributed by atoms with Crippen molar-refractivity contribution in [3.05, 3.63) is 48.5 Å². The highest BCUT2D eigenvalue weighted by molar-refractivity contribution is 6.02. The molecule has 0 aliphatic heterocycles. The topological polar surface area (TPSA) is 80.9 Å². The summed E-state index contributed by atoms with van der Waals surface area (Å²) in [6.45, 7) is 0. The summed E-state index contributed by atoms with van der Waals surface area (Å²) < 4.78 is 0. The van der Waals surface area contributed by atoms with Crippen molar-refractivity contribution in [1.29, 1.82) is 0 Å². The quantitative estimate of drug-likeness (QED) is 0.510. The van der Waals surface area contributed by atoms with Gasteiger partial charge in [-0.25, -0.2) is 0 Å². The van der Waals surface area contributed by atoms with Crippen LogP contribution >= 0.6 is 0 Å². The van der Waals surface area contributed by atoms with Gasteiger partial charge in [-0.1, -0.05) is 24.3 Å². The van der Waals surface area contributed by atoms with E-state index in [-0.39, 0.29) is 23.0 Å². The van der Waals surface area contributed by atoms with Gasteiger partial charge in [0.05, 0.1) is 0 Å². The number of phenols is 4. The van der Waals surface area contributed by atoms with Gasteiger partial charge in [-0.15, -0.1) is 0 Å². The van der Waals surface area contributed by atoms with E-state index in [4.69, 9.17) is 0 Å². The van der Waals surface area contributed by atoms with Crippen LogP contribution in [0.5, 0.6) is 23.0 Å². The fourth-order valence-electron chi connectivity index (χ4n) is 2.32. The van der Waals surface area contributed by atoms with Crippen molar-refractivity contribution in [2.75, 3.05) is 0 Å². The summed E-state index contributed by atoms with van der Waals surface area (Å²) in [4.78, 5) is 0. The van der Waals surface area contributed by atoms with E-state index in [1.807, 2.05) is 0 Å². The molecule has 3 aromatic carbocycles. The van der Waals surface area contributed by atoms with Crippen molar-refractivity contribution in [1.82, 2.24) is 0 Å². The van der Waals surface area contributed by atoms with Gasteiger partial charge in [-0.2, -0.15) is 0 Å². The second-order valence-electron chi connectivity index (χ2n) is 4.54. The predicted molar refractivity (Wildman–Crippen MR) is 76.0 cm³/mol. The van der Waals surface area contributed by atoms with E-state index in [1.165, 1.54) is 18.2 Å². The Labute approximate surface area is 114 Å². The number of benzene rings is 3. The van der Waals surface area contributed by atoms with Crippen LogP contribution in [0.2, 0.25) is 0 Å². The van der Waals surface area contributed by atoms with Gasteiger partial charge in [0.25, 0.3) is 0 Å². The zero-order valence-corrected chi connectivity index (χ0v) is 10.4. The highest BCUT2D eigenvalue weighted by Gasteiger charge is 2.14. The molecule has 0 amide bonds. The zero-order chi connectivity index (χ0) is 14.3. The smallest absolute Gasteiger partial charge is 0.165 e. The van der Waals surface area contributed by atoms with E-state index < -0.39 is 0 Å². The lowest BCUT2D eigenvalue weighted by atomic mass is 9.96. The number of aromatic hydroxyl groups is 4. The van der Waals surface area contributed by atoms with E-state index in [0.717, 1.165) is 0 Å². The molecule has 4 heteroatoms. The normalized spacial score (nSPS) is 10.8. The molecule has 0 aliphatic rings. The van der Waals surface area contributed by atoms with Crippen LogP contribution in [-0.2, 0) is 0 Å². The Morgan fingerprint density at radius 3 is 2.00 bits per heavy atom. The second-order valence-corrected chi connectivity index (χ2v) is 4.54. The summed E-state index contributed by atoms with van der Waals surface area (Å²) in [6, 6.07) is 12.7. The van der Waals surface area contributed by atoms with E-state index in [9.17, 15) is 20.4 Å². The van der Waals surface area contributed by atoms with E-state index in [1.54, 1.807) is 30.3 Å². The fraction of sp³-hybridized carbons (Fsp3) is 0. The van der Waals surface area contributed by atoms with Crippen molar-refractivity contribution in [3.8, 4) is 34.1 Å². The van der Waals surface area contributed by atoms with Crippen LogP contribution in [0.4, 0.5) is 0 Å². The molecule has 0 aliphatic carbocycles. The molecule has 0 atom stereocenters. The maximum atomic E-state index is 9.96. The summed E-state index contributed by atoms with van der Waals surface area (Å²) in [6.07, 6.45) is 0. The number of hydrogen-bond acceptors (Lipinski definition) is 4. The van der Waals surface area contributed by atoms with Crippen LogP contribution in [0, 0.1) is 0 Å². The van der Waals surface area contributed by atoms with E-state index in [0.29, 0.717) is 21.9 Å². The first-order chi connectivity index (χ1) is 9.58. The Kier molecular flexibility index (Phi) is 2.64. The SMILES string of the molecule is Oc1ccc(-c2cc(O)c(O)c3ccccc23)c(O)c1. The molecule has 3 rings (SSSR count). The molecule has 0 fully saturated rings. The third kappa shape index (κ3) is 1.78. The summed E-state index contributed by atoms with van der Waals surface area (Å²) >= 11 is 0. The zero-order valence-electron chi connectivity index (χ0n) is 10.4. The molecule has 3 aromatic rings. The Balaban J connectivity index is 2.39. The van der Waals surface area contributed by atoms with Gasteiger partial charge < -0.3 is 20.4 Å². The number of hydrogen-bond donors (Lipinski definition) is 4. The minimum Gasteiger partial charge on any atom is -0.508 e. The molecule has 0 heterocycles. The molecule has 0 saturated heterocycles. The molecule has 0 radical (unpaired) electrons. The standard InChI is InChI=1S/C16H12O4/c17-9-5-6-11(14(18)7-9)13-8-15(19)16(20)12-4-2-1-3-10(12)13/h1-8,17-20H. The van der Waals surface area contributed by atoms with Gasteiger partial charge in [0, 0.05) is 17.0 Å². The van der Waals surface area contributed by atoms with Crippen LogP contribution < -0.4 is 0 Å². The van der Waals surface area contributed by atoms with Crippen LogP contribution in [0.3, 0.4) is 0 Å². The minimum atomic E-state index is -0.258. The Morgan fingerprint density at radius 2 is 1.30 bits per heavy atom. The van der Waals surface area contributed by atoms with Crippen molar-refractivity contribution >= 4 is 10.8 Å². The molecular weight excluding hydrogens is 256 g/mol. The van der Waals surface area contributed by atoms with Crippen molar-refractivity contribution in [2.24, 2.45) is 0 Å². The molecule has 0 aromatic heterocycles. The first kappa shape index (κ1) is 12.2. The lowest BCUT2D eigenvalue weighted by Crippen LogP contribution is -1.84. The van der Waals surface area contributed by atoms with Gasteiger partial charge in [0.1, 0.15) is 11.5 Å². The Hall–Kier alpha value is -2.88. The van der Waals surface area contributed by atoms with E-state index >= 15 is 0 Å². The largest absolute Gasteiger partial charge is 0.508 e. The van der Waals surface area contributed by atoms with Crippen molar-refractivity contribution in [3.63, 3.8) is 0 Å². The molecule has 20 heavy (non-hydrogen) atoms. The Bertz CT molecular complexity index is 809. The fourth-order valence-corrected chi connectivity index (χ4v) is 2.32. The summed E-state index contributed by atoms with van der Waals surface area (Å²) in [7, 11) is 0. The average molecular weight is 268 g/mol.